The first-order valence-corrected chi connectivity index (χ1v) is 2.30. The first-order valence-electron chi connectivity index (χ1n) is 2.30. The molecule has 0 saturated heterocycles. The van der Waals surface area contributed by atoms with Gasteiger partial charge >= 0.3 is 0 Å². The van der Waals surface area contributed by atoms with E-state index in [-0.39, 0.29) is 0 Å². The van der Waals surface area contributed by atoms with Gasteiger partial charge in [-0.15, -0.1) is 0 Å². The molecule has 0 radical (unpaired) electrons. The normalized spacial score (nSPS) is 13.8. The smallest absolute Gasteiger partial charge is 0.107 e. The fourth-order valence-corrected chi connectivity index (χ4v) is 0.136. The Kier molecular flexibility index (Phi) is 2.95. The van der Waals surface area contributed by atoms with Crippen LogP contribution in [0, 0.1) is 12.3 Å². The average molecular weight is 86.2 g/mol. The Labute approximate surface area is 39.5 Å². The third-order valence-corrected chi connectivity index (χ3v) is 0.941. The zero-order valence-corrected chi connectivity index (χ0v) is 4.44. The van der Waals surface area contributed by atoms with Gasteiger partial charge in [-0.05, 0) is 6.92 Å². The summed E-state index contributed by atoms with van der Waals surface area (Å²) in [4.78, 5) is 0. The molecule has 1 nitrogen and oxygen atoms in total. The molecule has 0 amide bonds. The summed E-state index contributed by atoms with van der Waals surface area (Å²) in [5.41, 5.74) is 5.25. The summed E-state index contributed by atoms with van der Waals surface area (Å²) in [5, 5.41) is 0. The molecule has 0 saturated carbocycles. The Bertz CT molecular complexity index is 23.1. The molecule has 0 aromatic heterocycles. The minimum Gasteiger partial charge on any atom is -0.326 e. The molecule has 36 valence electrons. The van der Waals surface area contributed by atoms with Gasteiger partial charge in [0, 0.05) is 6.54 Å². The molecular formula is C5H12N+. The Morgan fingerprint density at radius 3 is 2.33 bits per heavy atom. The Balaban J connectivity index is 2.75. The highest BCUT2D eigenvalue weighted by Crippen LogP contribution is 1.92. The van der Waals surface area contributed by atoms with E-state index in [0.29, 0.717) is 5.92 Å². The second kappa shape index (κ2) is 3.04. The highest BCUT2D eigenvalue weighted by molar-refractivity contribution is 4.65. The van der Waals surface area contributed by atoms with Crippen LogP contribution in [0.2, 0.25) is 0 Å². The molecule has 6 heavy (non-hydrogen) atoms. The van der Waals surface area contributed by atoms with Crippen molar-refractivity contribution in [3.63, 3.8) is 0 Å². The van der Waals surface area contributed by atoms with Crippen LogP contribution in [0.25, 0.3) is 0 Å². The Morgan fingerprint density at radius 2 is 2.33 bits per heavy atom. The monoisotopic (exact) mass is 86.1 g/mol. The fraction of sp³-hybridized carbons (Fsp3) is 0.800. The van der Waals surface area contributed by atoms with Gasteiger partial charge < -0.3 is 5.73 Å². The van der Waals surface area contributed by atoms with E-state index in [4.69, 9.17) is 5.73 Å². The third kappa shape index (κ3) is 2.09. The van der Waals surface area contributed by atoms with Crippen molar-refractivity contribution >= 4 is 0 Å². The van der Waals surface area contributed by atoms with Crippen LogP contribution in [0.15, 0.2) is 0 Å². The highest BCUT2D eigenvalue weighted by Gasteiger charge is 1.99. The Hall–Kier alpha value is -0.170. The first kappa shape index (κ1) is 5.83. The number of nitrogens with two attached hydrogens (primary N) is 1. The average Bonchev–Trinajstić information content (AvgIpc) is 1.65. The van der Waals surface area contributed by atoms with Gasteiger partial charge in [0.25, 0.3) is 0 Å². The van der Waals surface area contributed by atoms with Crippen LogP contribution < -0.4 is 5.73 Å². The summed E-state index contributed by atoms with van der Waals surface area (Å²) in [6.07, 6.45) is 2.10. The summed E-state index contributed by atoms with van der Waals surface area (Å²) < 4.78 is 0. The predicted octanol–water partition coefficient (Wildman–Crippen LogP) is 0.805. The van der Waals surface area contributed by atoms with Crippen molar-refractivity contribution < 1.29 is 0 Å². The zero-order valence-electron chi connectivity index (χ0n) is 4.44. The lowest BCUT2D eigenvalue weighted by Crippen LogP contribution is -2.09. The van der Waals surface area contributed by atoms with Gasteiger partial charge in [0.05, 0.1) is 13.3 Å². The van der Waals surface area contributed by atoms with Gasteiger partial charge in [-0.3, -0.25) is 0 Å². The lowest BCUT2D eigenvalue weighted by molar-refractivity contribution is 0.687. The van der Waals surface area contributed by atoms with Crippen molar-refractivity contribution in [1.29, 1.82) is 0 Å². The van der Waals surface area contributed by atoms with Gasteiger partial charge in [-0.25, -0.2) is 0 Å². The van der Waals surface area contributed by atoms with Crippen LogP contribution in [0.5, 0.6) is 0 Å². The molecule has 0 spiro atoms. The second-order valence-electron chi connectivity index (χ2n) is 1.55. The molecule has 1 atom stereocenters. The molecule has 0 aliphatic rings. The largest absolute Gasteiger partial charge is 0.326 e. The van der Waals surface area contributed by atoms with Crippen molar-refractivity contribution in [2.45, 2.75) is 13.8 Å². The standard InChI is InChI=1S/C5H12N/c1-3-5(2)4-6/h3,5H,4,6H2,1-2H3/q+1. The predicted molar refractivity (Wildman–Crippen MR) is 28.2 cm³/mol. The fourth-order valence-electron chi connectivity index (χ4n) is 0.136. The van der Waals surface area contributed by atoms with Crippen molar-refractivity contribution in [3.8, 4) is 0 Å². The second-order valence-corrected chi connectivity index (χ2v) is 1.55. The lowest BCUT2D eigenvalue weighted by atomic mass is 10.1. The van der Waals surface area contributed by atoms with Crippen LogP contribution in [-0.2, 0) is 0 Å². The van der Waals surface area contributed by atoms with E-state index < -0.39 is 0 Å². The van der Waals surface area contributed by atoms with Crippen LogP contribution in [0.3, 0.4) is 0 Å². The number of hydrogen-bond acceptors (Lipinski definition) is 1. The third-order valence-electron chi connectivity index (χ3n) is 0.941. The maximum Gasteiger partial charge on any atom is 0.107 e. The van der Waals surface area contributed by atoms with Gasteiger partial charge in [-0.2, -0.15) is 0 Å². The first-order chi connectivity index (χ1) is 2.81. The highest BCUT2D eigenvalue weighted by atomic mass is 14.5. The minimum atomic E-state index is 0.588. The summed E-state index contributed by atoms with van der Waals surface area (Å²) in [6.45, 7) is 4.90. The molecule has 0 rings (SSSR count). The Morgan fingerprint density at radius 1 is 1.83 bits per heavy atom. The molecule has 0 aliphatic heterocycles. The maximum atomic E-state index is 5.25. The van der Waals surface area contributed by atoms with Gasteiger partial charge in [-0.1, -0.05) is 0 Å². The maximum absolute atomic E-state index is 5.25. The lowest BCUT2D eigenvalue weighted by Gasteiger charge is -1.89. The van der Waals surface area contributed by atoms with Gasteiger partial charge in [0.15, 0.2) is 0 Å². The SMILES string of the molecule is C[CH+]C(C)CN. The van der Waals surface area contributed by atoms with Gasteiger partial charge in [0.2, 0.25) is 0 Å². The van der Waals surface area contributed by atoms with E-state index in [1.807, 2.05) is 6.92 Å². The van der Waals surface area contributed by atoms with E-state index in [9.17, 15) is 0 Å². The number of rotatable bonds is 2. The molecular weight excluding hydrogens is 74.1 g/mol. The quantitative estimate of drug-likeness (QED) is 0.494. The van der Waals surface area contributed by atoms with Crippen molar-refractivity contribution in [2.75, 3.05) is 6.54 Å². The number of hydrogen-bond donors (Lipinski definition) is 1. The summed E-state index contributed by atoms with van der Waals surface area (Å²) >= 11 is 0. The van der Waals surface area contributed by atoms with Crippen LogP contribution in [0.4, 0.5) is 0 Å². The zero-order chi connectivity index (χ0) is 4.99. The molecule has 0 fully saturated rings. The van der Waals surface area contributed by atoms with Crippen LogP contribution in [-0.4, -0.2) is 6.54 Å². The van der Waals surface area contributed by atoms with Gasteiger partial charge in [0.1, 0.15) is 5.92 Å². The molecule has 1 unspecified atom stereocenters. The van der Waals surface area contributed by atoms with Crippen molar-refractivity contribution in [1.82, 2.24) is 0 Å². The van der Waals surface area contributed by atoms with E-state index in [1.165, 1.54) is 0 Å². The van der Waals surface area contributed by atoms with E-state index >= 15 is 0 Å². The summed E-state index contributed by atoms with van der Waals surface area (Å²) in [7, 11) is 0. The van der Waals surface area contributed by atoms with Crippen LogP contribution in [0.1, 0.15) is 13.8 Å². The molecule has 1 heteroatoms. The van der Waals surface area contributed by atoms with E-state index in [2.05, 4.69) is 13.3 Å². The molecule has 0 aromatic carbocycles. The van der Waals surface area contributed by atoms with Crippen molar-refractivity contribution in [3.05, 3.63) is 6.42 Å². The molecule has 0 aliphatic carbocycles. The molecule has 0 bridgehead atoms. The topological polar surface area (TPSA) is 26.0 Å². The summed E-state index contributed by atoms with van der Waals surface area (Å²) in [6, 6.07) is 0. The molecule has 0 heterocycles. The minimum absolute atomic E-state index is 0.588. The summed E-state index contributed by atoms with van der Waals surface area (Å²) in [5.74, 6) is 0.588. The van der Waals surface area contributed by atoms with Crippen molar-refractivity contribution in [2.24, 2.45) is 11.7 Å². The molecule has 0 aromatic rings. The van der Waals surface area contributed by atoms with E-state index in [0.717, 1.165) is 6.54 Å². The molecule has 2 N–H and O–H groups in total. The van der Waals surface area contributed by atoms with Crippen LogP contribution >= 0.6 is 0 Å². The van der Waals surface area contributed by atoms with E-state index in [1.54, 1.807) is 0 Å².